The second-order valence-corrected chi connectivity index (χ2v) is 11.6. The zero-order valence-electron chi connectivity index (χ0n) is 18.8. The van der Waals surface area contributed by atoms with Crippen molar-refractivity contribution < 1.29 is 30.3 Å². The van der Waals surface area contributed by atoms with Crippen molar-refractivity contribution in [3.63, 3.8) is 0 Å². The largest absolute Gasteiger partial charge is 0.587 e. The Labute approximate surface area is 215 Å². The number of allylic oxidation sites excluding steroid dienone is 4. The Morgan fingerprint density at radius 2 is 1.32 bits per heavy atom. The normalized spacial score (nSPS) is 14.6. The third kappa shape index (κ3) is 4.55. The first-order valence-electron chi connectivity index (χ1n) is 9.84. The first-order valence-corrected chi connectivity index (χ1v) is 11.2. The molecule has 0 heterocycles. The smallest absolute Gasteiger partial charge is 0.325 e. The molecular formula is C25H30Cl2NOSiTi+. The van der Waals surface area contributed by atoms with Gasteiger partial charge in [-0.05, 0) is 65.8 Å². The van der Waals surface area contributed by atoms with Gasteiger partial charge in [0, 0.05) is 33.3 Å². The number of halogens is 2. The summed E-state index contributed by atoms with van der Waals surface area (Å²) in [6.45, 7) is 10.9. The third-order valence-corrected chi connectivity index (χ3v) is 9.15. The van der Waals surface area contributed by atoms with Crippen LogP contribution in [0.2, 0.25) is 0 Å². The number of quaternary nitrogens is 1. The molecular weight excluding hydrogens is 477 g/mol. The van der Waals surface area contributed by atoms with E-state index in [0.717, 1.165) is 17.2 Å². The van der Waals surface area contributed by atoms with Crippen molar-refractivity contribution in [1.82, 2.24) is 0 Å². The van der Waals surface area contributed by atoms with Crippen molar-refractivity contribution in [2.24, 2.45) is 0 Å². The number of benzene rings is 2. The molecule has 0 aliphatic heterocycles. The van der Waals surface area contributed by atoms with Crippen LogP contribution in [-0.4, -0.2) is 32.6 Å². The van der Waals surface area contributed by atoms with Crippen LogP contribution in [0, 0.1) is 0 Å². The van der Waals surface area contributed by atoms with E-state index in [9.17, 15) is 4.46 Å². The minimum Gasteiger partial charge on any atom is -0.325 e. The van der Waals surface area contributed by atoms with E-state index < -0.39 is 8.84 Å². The third-order valence-electron chi connectivity index (χ3n) is 6.59. The fourth-order valence-corrected chi connectivity index (χ4v) is 5.94. The van der Waals surface area contributed by atoms with E-state index in [-0.39, 0.29) is 52.1 Å². The monoisotopic (exact) mass is 506 g/mol. The van der Waals surface area contributed by atoms with Crippen LogP contribution in [0.15, 0.2) is 66.4 Å². The van der Waals surface area contributed by atoms with E-state index >= 15 is 0 Å². The quantitative estimate of drug-likeness (QED) is 0.426. The average Bonchev–Trinajstić information content (AvgIpc) is 3.07. The van der Waals surface area contributed by atoms with Crippen molar-refractivity contribution in [1.29, 1.82) is 0 Å². The molecule has 6 heteroatoms. The fraction of sp³-hybridized carbons (Fsp3) is 0.280. The molecule has 162 valence electrons. The summed E-state index contributed by atoms with van der Waals surface area (Å²) in [5.74, 6) is 0. The molecule has 0 saturated heterocycles. The molecule has 0 spiro atoms. The van der Waals surface area contributed by atoms with Crippen LogP contribution in [0.3, 0.4) is 0 Å². The summed E-state index contributed by atoms with van der Waals surface area (Å²) in [7, 11) is 2.18. The maximum atomic E-state index is 13.7. The van der Waals surface area contributed by atoms with Crippen molar-refractivity contribution in [3.8, 4) is 0 Å². The molecule has 0 amide bonds. The van der Waals surface area contributed by atoms with Crippen LogP contribution < -0.4 is 0 Å². The Kier molecular flexibility index (Phi) is 8.86. The number of rotatable bonds is 2. The SMILES string of the molecule is C=C1c2ccccc2C2=C(CC([Si](=O)[N+](C)(C)C(C)(C)C)=C2)c2ccccc21.Cl.Cl.[Ti]. The van der Waals surface area contributed by atoms with E-state index in [2.05, 4.69) is 96.1 Å². The molecule has 0 fully saturated rings. The van der Waals surface area contributed by atoms with Crippen molar-refractivity contribution in [3.05, 3.63) is 88.6 Å². The Bertz CT molecular complexity index is 1100. The van der Waals surface area contributed by atoms with Crippen LogP contribution in [-0.2, 0) is 26.2 Å². The zero-order chi connectivity index (χ0) is 20.3. The van der Waals surface area contributed by atoms with Crippen molar-refractivity contribution in [2.75, 3.05) is 14.1 Å². The van der Waals surface area contributed by atoms with Crippen molar-refractivity contribution >= 4 is 50.4 Å². The second-order valence-electron chi connectivity index (χ2n) is 9.24. The van der Waals surface area contributed by atoms with Gasteiger partial charge in [0.15, 0.2) is 0 Å². The molecule has 0 atom stereocenters. The summed E-state index contributed by atoms with van der Waals surface area (Å²) < 4.78 is 14.2. The Hall–Kier alpha value is -1.07. The summed E-state index contributed by atoms with van der Waals surface area (Å²) in [4.78, 5) is 0. The van der Waals surface area contributed by atoms with Gasteiger partial charge in [0.25, 0.3) is 0 Å². The van der Waals surface area contributed by atoms with Gasteiger partial charge in [-0.25, -0.2) is 0 Å². The van der Waals surface area contributed by atoms with E-state index in [1.165, 1.54) is 33.4 Å². The van der Waals surface area contributed by atoms with Crippen LogP contribution in [0.1, 0.15) is 49.4 Å². The van der Waals surface area contributed by atoms with Gasteiger partial charge in [0.1, 0.15) is 0 Å². The molecule has 2 aromatic rings. The first-order chi connectivity index (χ1) is 13.1. The molecule has 0 aromatic heterocycles. The van der Waals surface area contributed by atoms with Gasteiger partial charge in [-0.1, -0.05) is 55.1 Å². The maximum Gasteiger partial charge on any atom is 0.587 e. The van der Waals surface area contributed by atoms with Gasteiger partial charge in [0.2, 0.25) is 0 Å². The van der Waals surface area contributed by atoms with Gasteiger partial charge in [-0.2, -0.15) is 0 Å². The number of fused-ring (bicyclic) bond motifs is 4. The molecule has 2 aliphatic carbocycles. The van der Waals surface area contributed by atoms with Crippen LogP contribution in [0.25, 0.3) is 16.7 Å². The predicted octanol–water partition coefficient (Wildman–Crippen LogP) is 6.48. The summed E-state index contributed by atoms with van der Waals surface area (Å²) in [6.07, 6.45) is 2.96. The van der Waals surface area contributed by atoms with Gasteiger partial charge in [0.05, 0.1) is 19.6 Å². The van der Waals surface area contributed by atoms with Crippen LogP contribution in [0.4, 0.5) is 0 Å². The minimum absolute atomic E-state index is 0. The minimum atomic E-state index is -2.00. The maximum absolute atomic E-state index is 13.7. The molecule has 0 unspecified atom stereocenters. The molecule has 2 aliphatic rings. The Morgan fingerprint density at radius 3 is 1.84 bits per heavy atom. The van der Waals surface area contributed by atoms with Gasteiger partial charge < -0.3 is 8.61 Å². The fourth-order valence-electron chi connectivity index (χ4n) is 4.02. The zero-order valence-corrected chi connectivity index (χ0v) is 23.0. The molecule has 2 nitrogen and oxygen atoms in total. The average molecular weight is 507 g/mol. The molecule has 2 aromatic carbocycles. The van der Waals surface area contributed by atoms with E-state index in [0.29, 0.717) is 4.15 Å². The summed E-state index contributed by atoms with van der Waals surface area (Å²) in [6, 6.07) is 17.0. The van der Waals surface area contributed by atoms with Gasteiger partial charge in [-0.15, -0.1) is 24.8 Å². The summed E-state index contributed by atoms with van der Waals surface area (Å²) in [5, 5.41) is 1.08. The molecule has 4 rings (SSSR count). The summed E-state index contributed by atoms with van der Waals surface area (Å²) >= 11 is 0. The molecule has 31 heavy (non-hydrogen) atoms. The Morgan fingerprint density at radius 1 is 0.871 bits per heavy atom. The topological polar surface area (TPSA) is 17.1 Å². The van der Waals surface area contributed by atoms with Crippen LogP contribution >= 0.6 is 24.8 Å². The number of nitrogens with zero attached hydrogens (tertiary/aromatic N) is 1. The number of hydrogen-bond donors (Lipinski definition) is 0. The predicted molar refractivity (Wildman–Crippen MR) is 133 cm³/mol. The molecule has 0 radical (unpaired) electrons. The molecule has 0 N–H and O–H groups in total. The van der Waals surface area contributed by atoms with Crippen LogP contribution in [0.5, 0.6) is 0 Å². The first kappa shape index (κ1) is 28.0. The second kappa shape index (κ2) is 9.82. The molecule has 0 bridgehead atoms. The number of hydrogen-bond acceptors (Lipinski definition) is 1. The van der Waals surface area contributed by atoms with Gasteiger partial charge >= 0.3 is 8.84 Å². The Balaban J connectivity index is 0.00000160. The van der Waals surface area contributed by atoms with Gasteiger partial charge in [-0.3, -0.25) is 0 Å². The van der Waals surface area contributed by atoms with E-state index in [4.69, 9.17) is 0 Å². The molecule has 0 saturated carbocycles. The van der Waals surface area contributed by atoms with Crippen molar-refractivity contribution in [2.45, 2.75) is 32.7 Å². The van der Waals surface area contributed by atoms with E-state index in [1.54, 1.807) is 0 Å². The van der Waals surface area contributed by atoms with E-state index in [1.807, 2.05) is 0 Å². The summed E-state index contributed by atoms with van der Waals surface area (Å²) in [5.41, 5.74) is 8.24. The standard InChI is InChI=1S/C25H28NOSi.2ClH.Ti/c1-17-19-11-7-9-13-21(19)23-15-18(28(27)26(5,6)25(2,3)4)16-24(23)22-14-10-8-12-20(17)22;;;/h7-15H,1,16H2,2-6H3;2*1H;/q+1;;;.